The van der Waals surface area contributed by atoms with Crippen LogP contribution in [0.2, 0.25) is 10.0 Å². The normalized spacial score (nSPS) is 10.3. The molecule has 17 heavy (non-hydrogen) atoms. The van der Waals surface area contributed by atoms with Gasteiger partial charge in [0.15, 0.2) is 0 Å². The number of hydrogen-bond acceptors (Lipinski definition) is 1. The summed E-state index contributed by atoms with van der Waals surface area (Å²) in [6.07, 6.45) is 0. The third-order valence-corrected chi connectivity index (χ3v) is 3.34. The minimum absolute atomic E-state index is 0.736. The lowest BCUT2D eigenvalue weighted by atomic mass is 10.2. The van der Waals surface area contributed by atoms with E-state index in [-0.39, 0.29) is 0 Å². The molecular formula is C14H13Cl2N. The van der Waals surface area contributed by atoms with E-state index in [0.717, 1.165) is 27.8 Å². The molecule has 0 spiro atoms. The summed E-state index contributed by atoms with van der Waals surface area (Å²) < 4.78 is 0. The minimum Gasteiger partial charge on any atom is -0.380 e. The highest BCUT2D eigenvalue weighted by Gasteiger charge is 2.02. The van der Waals surface area contributed by atoms with E-state index in [1.54, 1.807) is 0 Å². The average molecular weight is 266 g/mol. The molecule has 1 nitrogen and oxygen atoms in total. The summed E-state index contributed by atoms with van der Waals surface area (Å²) in [4.78, 5) is 0. The molecule has 0 amide bonds. The van der Waals surface area contributed by atoms with Gasteiger partial charge < -0.3 is 5.32 Å². The summed E-state index contributed by atoms with van der Waals surface area (Å²) in [5, 5.41) is 4.85. The van der Waals surface area contributed by atoms with Crippen molar-refractivity contribution < 1.29 is 0 Å². The Morgan fingerprint density at radius 1 is 1.00 bits per heavy atom. The number of benzene rings is 2. The fourth-order valence-corrected chi connectivity index (χ4v) is 1.90. The number of halogens is 2. The highest BCUT2D eigenvalue weighted by atomic mass is 35.5. The fourth-order valence-electron chi connectivity index (χ4n) is 1.58. The van der Waals surface area contributed by atoms with Gasteiger partial charge in [-0.15, -0.1) is 0 Å². The van der Waals surface area contributed by atoms with Crippen LogP contribution in [0.3, 0.4) is 0 Å². The Balaban J connectivity index is 2.07. The third-order valence-electron chi connectivity index (χ3n) is 2.59. The van der Waals surface area contributed by atoms with Crippen LogP contribution in [-0.4, -0.2) is 0 Å². The van der Waals surface area contributed by atoms with Gasteiger partial charge in [-0.25, -0.2) is 0 Å². The lowest BCUT2D eigenvalue weighted by Gasteiger charge is -2.10. The van der Waals surface area contributed by atoms with E-state index in [1.807, 2.05) is 49.4 Å². The molecule has 0 aromatic heterocycles. The van der Waals surface area contributed by atoms with Crippen molar-refractivity contribution in [3.05, 3.63) is 63.6 Å². The Hall–Kier alpha value is -1.18. The molecule has 0 atom stereocenters. The van der Waals surface area contributed by atoms with Crippen molar-refractivity contribution >= 4 is 28.9 Å². The van der Waals surface area contributed by atoms with Gasteiger partial charge in [0.25, 0.3) is 0 Å². The average Bonchev–Trinajstić information content (AvgIpc) is 2.33. The predicted octanol–water partition coefficient (Wildman–Crippen LogP) is 4.91. The first-order valence-electron chi connectivity index (χ1n) is 5.40. The molecule has 0 fully saturated rings. The zero-order valence-corrected chi connectivity index (χ0v) is 11.0. The number of aryl methyl sites for hydroxylation is 1. The van der Waals surface area contributed by atoms with Gasteiger partial charge in [-0.05, 0) is 36.2 Å². The van der Waals surface area contributed by atoms with E-state index in [2.05, 4.69) is 5.32 Å². The van der Waals surface area contributed by atoms with Crippen LogP contribution in [0, 0.1) is 6.92 Å². The molecule has 0 unspecified atom stereocenters. The van der Waals surface area contributed by atoms with Gasteiger partial charge in [0, 0.05) is 11.6 Å². The Labute approximate surface area is 111 Å². The van der Waals surface area contributed by atoms with Crippen molar-refractivity contribution in [2.75, 3.05) is 5.32 Å². The molecule has 2 aromatic rings. The van der Waals surface area contributed by atoms with Gasteiger partial charge in [-0.3, -0.25) is 0 Å². The zero-order chi connectivity index (χ0) is 12.3. The molecule has 0 bridgehead atoms. The van der Waals surface area contributed by atoms with E-state index in [9.17, 15) is 0 Å². The van der Waals surface area contributed by atoms with Crippen LogP contribution in [0.25, 0.3) is 0 Å². The van der Waals surface area contributed by atoms with Crippen LogP contribution < -0.4 is 5.32 Å². The monoisotopic (exact) mass is 265 g/mol. The fraction of sp³-hybridized carbons (Fsp3) is 0.143. The van der Waals surface area contributed by atoms with Gasteiger partial charge in [-0.1, -0.05) is 47.5 Å². The van der Waals surface area contributed by atoms with E-state index in [1.165, 1.54) is 5.56 Å². The standard InChI is InChI=1S/C14H13Cl2N/c1-10-3-2-4-13(14(10)16)17-9-11-5-7-12(15)8-6-11/h2-8,17H,9H2,1H3. The maximum atomic E-state index is 6.20. The first-order chi connectivity index (χ1) is 8.16. The SMILES string of the molecule is Cc1cccc(NCc2ccc(Cl)cc2)c1Cl. The largest absolute Gasteiger partial charge is 0.380 e. The molecule has 0 saturated heterocycles. The molecular weight excluding hydrogens is 253 g/mol. The quantitative estimate of drug-likeness (QED) is 0.831. The second-order valence-electron chi connectivity index (χ2n) is 3.92. The van der Waals surface area contributed by atoms with E-state index < -0.39 is 0 Å². The molecule has 0 heterocycles. The molecule has 88 valence electrons. The maximum absolute atomic E-state index is 6.20. The Bertz CT molecular complexity index is 506. The number of hydrogen-bond donors (Lipinski definition) is 1. The molecule has 3 heteroatoms. The predicted molar refractivity (Wildman–Crippen MR) is 75.0 cm³/mol. The summed E-state index contributed by atoms with van der Waals surface area (Å²) in [5.41, 5.74) is 3.21. The number of nitrogens with one attached hydrogen (secondary N) is 1. The molecule has 0 aliphatic heterocycles. The number of rotatable bonds is 3. The molecule has 2 aromatic carbocycles. The summed E-state index contributed by atoms with van der Waals surface area (Å²) in [7, 11) is 0. The van der Waals surface area contributed by atoms with Gasteiger partial charge in [0.05, 0.1) is 10.7 Å². The van der Waals surface area contributed by atoms with Crippen LogP contribution in [0.4, 0.5) is 5.69 Å². The molecule has 1 N–H and O–H groups in total. The second kappa shape index (κ2) is 5.44. The topological polar surface area (TPSA) is 12.0 Å². The lowest BCUT2D eigenvalue weighted by molar-refractivity contribution is 1.15. The van der Waals surface area contributed by atoms with Crippen LogP contribution in [-0.2, 0) is 6.54 Å². The number of anilines is 1. The van der Waals surface area contributed by atoms with Crippen molar-refractivity contribution in [2.45, 2.75) is 13.5 Å². The summed E-state index contributed by atoms with van der Waals surface area (Å²) in [6.45, 7) is 2.73. The summed E-state index contributed by atoms with van der Waals surface area (Å²) in [6, 6.07) is 13.7. The highest BCUT2D eigenvalue weighted by Crippen LogP contribution is 2.25. The van der Waals surface area contributed by atoms with Gasteiger partial charge in [-0.2, -0.15) is 0 Å². The first kappa shape index (κ1) is 12.3. The van der Waals surface area contributed by atoms with Gasteiger partial charge >= 0.3 is 0 Å². The van der Waals surface area contributed by atoms with Gasteiger partial charge in [0.2, 0.25) is 0 Å². The van der Waals surface area contributed by atoms with Crippen molar-refractivity contribution in [3.63, 3.8) is 0 Å². The highest BCUT2D eigenvalue weighted by molar-refractivity contribution is 6.34. The van der Waals surface area contributed by atoms with E-state index >= 15 is 0 Å². The minimum atomic E-state index is 0.736. The molecule has 0 radical (unpaired) electrons. The first-order valence-corrected chi connectivity index (χ1v) is 6.16. The molecule has 0 aliphatic rings. The summed E-state index contributed by atoms with van der Waals surface area (Å²) in [5.74, 6) is 0. The molecule has 0 aliphatic carbocycles. The molecule has 2 rings (SSSR count). The zero-order valence-electron chi connectivity index (χ0n) is 9.50. The van der Waals surface area contributed by atoms with Crippen molar-refractivity contribution in [1.29, 1.82) is 0 Å². The van der Waals surface area contributed by atoms with Crippen LogP contribution >= 0.6 is 23.2 Å². The molecule has 0 saturated carbocycles. The van der Waals surface area contributed by atoms with E-state index in [4.69, 9.17) is 23.2 Å². The van der Waals surface area contributed by atoms with Crippen molar-refractivity contribution in [2.24, 2.45) is 0 Å². The van der Waals surface area contributed by atoms with Crippen molar-refractivity contribution in [3.8, 4) is 0 Å². The lowest BCUT2D eigenvalue weighted by Crippen LogP contribution is -2.00. The second-order valence-corrected chi connectivity index (χ2v) is 4.73. The third kappa shape index (κ3) is 3.15. The Morgan fingerprint density at radius 3 is 2.41 bits per heavy atom. The smallest absolute Gasteiger partial charge is 0.0666 e. The van der Waals surface area contributed by atoms with E-state index in [0.29, 0.717) is 0 Å². The van der Waals surface area contributed by atoms with Crippen LogP contribution in [0.5, 0.6) is 0 Å². The Kier molecular flexibility index (Phi) is 3.93. The summed E-state index contributed by atoms with van der Waals surface area (Å²) >= 11 is 12.0. The van der Waals surface area contributed by atoms with Gasteiger partial charge in [0.1, 0.15) is 0 Å². The van der Waals surface area contributed by atoms with Crippen molar-refractivity contribution in [1.82, 2.24) is 0 Å². The maximum Gasteiger partial charge on any atom is 0.0666 e. The van der Waals surface area contributed by atoms with Crippen LogP contribution in [0.1, 0.15) is 11.1 Å². The Morgan fingerprint density at radius 2 is 1.71 bits per heavy atom. The van der Waals surface area contributed by atoms with Crippen LogP contribution in [0.15, 0.2) is 42.5 Å².